The molecular weight excluding hydrogens is 918 g/mol. The number of nitrogens with one attached hydrogen (secondary N) is 1. The summed E-state index contributed by atoms with van der Waals surface area (Å²) < 4.78 is 81.0. The molecule has 2 atom stereocenters. The molecule has 59 heavy (non-hydrogen) atoms. The number of aromatic nitrogens is 4. The van der Waals surface area contributed by atoms with Gasteiger partial charge in [-0.05, 0) is 119 Å². The summed E-state index contributed by atoms with van der Waals surface area (Å²) in [5.74, 6) is 1.80. The van der Waals surface area contributed by atoms with Crippen LogP contribution in [0.4, 0.5) is 10.5 Å². The van der Waals surface area contributed by atoms with Crippen molar-refractivity contribution in [1.29, 1.82) is 0 Å². The number of aliphatic hydroxyl groups is 1. The first-order chi connectivity index (χ1) is 28.1. The molecule has 1 aromatic heterocycles. The Kier molecular flexibility index (Phi) is 15.3. The normalized spacial score (nSPS) is 12.8. The van der Waals surface area contributed by atoms with E-state index in [0.29, 0.717) is 31.9 Å². The number of tetrazole rings is 1. The maximum absolute atomic E-state index is 15.7. The van der Waals surface area contributed by atoms with Gasteiger partial charge in [0.2, 0.25) is 10.0 Å². The summed E-state index contributed by atoms with van der Waals surface area (Å²) in [7, 11) is -0.163. The molecule has 3 N–H and O–H groups in total. The number of benzene rings is 4. The van der Waals surface area contributed by atoms with Gasteiger partial charge in [-0.2, -0.15) is 4.31 Å². The van der Waals surface area contributed by atoms with Crippen molar-refractivity contribution >= 4 is 55.7 Å². The number of sulfonamides is 1. The summed E-state index contributed by atoms with van der Waals surface area (Å²) >= 11 is -1.01. The van der Waals surface area contributed by atoms with Crippen LogP contribution in [0, 0.1) is 3.57 Å². The average molecular weight is 964 g/mol. The molecule has 0 saturated carbocycles. The number of halogens is 1. The lowest BCUT2D eigenvalue weighted by atomic mass is 10.1. The predicted octanol–water partition coefficient (Wildman–Crippen LogP) is 5.24. The molecule has 5 rings (SSSR count). The van der Waals surface area contributed by atoms with E-state index < -0.39 is 57.1 Å². The van der Waals surface area contributed by atoms with Crippen molar-refractivity contribution in [3.63, 3.8) is 0 Å². The van der Waals surface area contributed by atoms with Gasteiger partial charge in [-0.25, -0.2) is 22.1 Å². The highest BCUT2D eigenvalue weighted by Crippen LogP contribution is 2.41. The van der Waals surface area contributed by atoms with Gasteiger partial charge in [0.25, 0.3) is 11.3 Å². The van der Waals surface area contributed by atoms with Crippen molar-refractivity contribution in [1.82, 2.24) is 29.8 Å². The molecule has 5 aromatic rings. The van der Waals surface area contributed by atoms with Crippen LogP contribution >= 0.6 is 22.6 Å². The first kappa shape index (κ1) is 45.2. The zero-order valence-corrected chi connectivity index (χ0v) is 37.0. The van der Waals surface area contributed by atoms with E-state index in [1.54, 1.807) is 94.6 Å². The van der Waals surface area contributed by atoms with Gasteiger partial charge in [-0.15, -0.1) is 5.10 Å². The van der Waals surface area contributed by atoms with Crippen LogP contribution in [0.5, 0.6) is 17.2 Å². The van der Waals surface area contributed by atoms with Crippen LogP contribution in [-0.4, -0.2) is 99.0 Å². The van der Waals surface area contributed by atoms with Gasteiger partial charge >= 0.3 is 6.09 Å². The van der Waals surface area contributed by atoms with Crippen LogP contribution in [0.1, 0.15) is 37.5 Å². The second-order valence-corrected chi connectivity index (χ2v) is 18.0. The Morgan fingerprint density at radius 2 is 1.37 bits per heavy atom. The summed E-state index contributed by atoms with van der Waals surface area (Å²) in [6, 6.07) is 22.4. The van der Waals surface area contributed by atoms with Crippen molar-refractivity contribution in [2.24, 2.45) is 0 Å². The number of amides is 1. The van der Waals surface area contributed by atoms with Crippen molar-refractivity contribution in [2.75, 3.05) is 38.8 Å². The molecule has 0 radical (unpaired) electrons. The number of aliphatic hydroxyl groups excluding tert-OH is 1. The second-order valence-electron chi connectivity index (χ2n) is 14.1. The molecule has 1 amide bonds. The molecule has 316 valence electrons. The molecule has 0 fully saturated rings. The quantitative estimate of drug-likeness (QED) is 0.0760. The molecular formula is C39H46IN7O10S2. The van der Waals surface area contributed by atoms with Crippen molar-refractivity contribution in [2.45, 2.75) is 56.9 Å². The third kappa shape index (κ3) is 11.5. The summed E-state index contributed by atoms with van der Waals surface area (Å²) in [6.07, 6.45) is -0.848. The number of hydrogen-bond donors (Lipinski definition) is 3. The van der Waals surface area contributed by atoms with Gasteiger partial charge in [0.05, 0.1) is 45.7 Å². The van der Waals surface area contributed by atoms with E-state index >= 15 is 8.42 Å². The first-order valence-electron chi connectivity index (χ1n) is 18.0. The number of methoxy groups -OCH3 is 3. The molecule has 17 nitrogen and oxygen atoms in total. The Labute approximate surface area is 359 Å². The fraction of sp³-hybridized carbons (Fsp3) is 0.333. The highest BCUT2D eigenvalue weighted by Gasteiger charge is 2.38. The molecule has 4 aromatic carbocycles. The van der Waals surface area contributed by atoms with Gasteiger partial charge in [-0.1, -0.05) is 36.4 Å². The number of rotatable bonds is 18. The molecule has 0 bridgehead atoms. The highest BCUT2D eigenvalue weighted by molar-refractivity contribution is 14.1. The zero-order valence-electron chi connectivity index (χ0n) is 33.2. The molecule has 1 heterocycles. The molecule has 0 aliphatic rings. The first-order valence-corrected chi connectivity index (χ1v) is 21.6. The Morgan fingerprint density at radius 1 is 0.864 bits per heavy atom. The van der Waals surface area contributed by atoms with Gasteiger partial charge in [0, 0.05) is 22.2 Å². The van der Waals surface area contributed by atoms with Crippen LogP contribution in [0.25, 0.3) is 11.4 Å². The van der Waals surface area contributed by atoms with Crippen molar-refractivity contribution in [3.05, 3.63) is 105 Å². The maximum Gasteiger partial charge on any atom is 0.407 e. The zero-order chi connectivity index (χ0) is 42.9. The molecule has 0 saturated heterocycles. The van der Waals surface area contributed by atoms with E-state index in [1.165, 1.54) is 29.3 Å². The Morgan fingerprint density at radius 3 is 1.83 bits per heavy atom. The number of carbonyl (C=O) groups is 1. The van der Waals surface area contributed by atoms with Gasteiger partial charge in [0.1, 0.15) is 34.8 Å². The SMILES string of the molecule is COc1ccc(CN(Cc2ccc(OC)cc2)S(=O)(=O)c2c(N([C@@H](CO)COC(=O)NC(C)(C)C)S(=O)O)ccc(I)c2-c2nnnn2Cc2ccc(OC)cc2)cc1. The number of anilines is 1. The predicted molar refractivity (Wildman–Crippen MR) is 229 cm³/mol. The summed E-state index contributed by atoms with van der Waals surface area (Å²) in [5.41, 5.74) is 1.04. The third-order valence-corrected chi connectivity index (χ3v) is 12.4. The minimum Gasteiger partial charge on any atom is -0.497 e. The average Bonchev–Trinajstić information content (AvgIpc) is 3.66. The van der Waals surface area contributed by atoms with E-state index in [9.17, 15) is 18.7 Å². The number of nitrogens with zero attached hydrogens (tertiary/aromatic N) is 6. The summed E-state index contributed by atoms with van der Waals surface area (Å²) in [4.78, 5) is 12.3. The standard InChI is InChI=1S/C39H46IN7O10S2/c1-39(2,3)41-38(49)57-25-29(24-48)47(58(50)51)34-20-19-33(40)35(37-42-43-44-46(37)23-28-11-17-32(56-6)18-12-28)36(34)59(52,53)45(21-26-7-13-30(54-4)14-8-26)22-27-9-15-31(55-5)16-10-27/h7-20,29,48H,21-25H2,1-6H3,(H,41,49)(H,50,51)/t29-/m0/s1. The molecule has 0 spiro atoms. The van der Waals surface area contributed by atoms with Crippen LogP contribution in [-0.2, 0) is 45.7 Å². The lowest BCUT2D eigenvalue weighted by Crippen LogP contribution is -2.46. The number of carbonyl (C=O) groups excluding carboxylic acids is 1. The van der Waals surface area contributed by atoms with E-state index in [0.717, 1.165) is 9.87 Å². The van der Waals surface area contributed by atoms with E-state index in [4.69, 9.17) is 18.9 Å². The lowest BCUT2D eigenvalue weighted by molar-refractivity contribution is 0.119. The van der Waals surface area contributed by atoms with Gasteiger partial charge in [-0.3, -0.25) is 8.86 Å². The third-order valence-electron chi connectivity index (χ3n) is 8.80. The Balaban J connectivity index is 1.74. The van der Waals surface area contributed by atoms with Crippen molar-refractivity contribution in [3.8, 4) is 28.6 Å². The Hall–Kier alpha value is -4.87. The largest absolute Gasteiger partial charge is 0.497 e. The lowest BCUT2D eigenvalue weighted by Gasteiger charge is -2.32. The van der Waals surface area contributed by atoms with Crippen LogP contribution < -0.4 is 23.8 Å². The summed E-state index contributed by atoms with van der Waals surface area (Å²) in [6.45, 7) is 3.62. The van der Waals surface area contributed by atoms with E-state index in [-0.39, 0.29) is 36.7 Å². The second kappa shape index (κ2) is 19.9. The van der Waals surface area contributed by atoms with E-state index in [2.05, 4.69) is 20.8 Å². The number of ether oxygens (including phenoxy) is 4. The van der Waals surface area contributed by atoms with Crippen LogP contribution in [0.2, 0.25) is 0 Å². The smallest absolute Gasteiger partial charge is 0.407 e. The van der Waals surface area contributed by atoms with Crippen molar-refractivity contribution < 1.29 is 46.0 Å². The van der Waals surface area contributed by atoms with Crippen LogP contribution in [0.15, 0.2) is 89.8 Å². The molecule has 0 aliphatic carbocycles. The monoisotopic (exact) mass is 963 g/mol. The number of hydrogen-bond acceptors (Lipinski definition) is 12. The maximum atomic E-state index is 15.7. The highest BCUT2D eigenvalue weighted by atomic mass is 127. The minimum absolute atomic E-state index is 0.0228. The fourth-order valence-electron chi connectivity index (χ4n) is 5.93. The van der Waals surface area contributed by atoms with Gasteiger partial charge < -0.3 is 29.4 Å². The summed E-state index contributed by atoms with van der Waals surface area (Å²) in [5, 5.41) is 25.7. The van der Waals surface area contributed by atoms with Crippen LogP contribution in [0.3, 0.4) is 0 Å². The topological polar surface area (TPSA) is 208 Å². The fourth-order valence-corrected chi connectivity index (χ4v) is 9.35. The van der Waals surface area contributed by atoms with E-state index in [1.807, 2.05) is 34.7 Å². The Bertz CT molecular complexity index is 2270. The van der Waals surface area contributed by atoms with Gasteiger partial charge in [0.15, 0.2) is 5.82 Å². The minimum atomic E-state index is -4.76. The molecule has 20 heteroatoms. The molecule has 0 aliphatic heterocycles. The molecule has 1 unspecified atom stereocenters. The number of alkyl carbamates (subject to hydrolysis) is 1.